The zero-order chi connectivity index (χ0) is 10.7. The Labute approximate surface area is 89.8 Å². The Kier molecular flexibility index (Phi) is 2.72. The van der Waals surface area contributed by atoms with Crippen LogP contribution in [0.5, 0.6) is 0 Å². The van der Waals surface area contributed by atoms with Crippen molar-refractivity contribution in [1.29, 1.82) is 0 Å². The van der Waals surface area contributed by atoms with Gasteiger partial charge in [-0.2, -0.15) is 0 Å². The molecule has 15 heavy (non-hydrogen) atoms. The summed E-state index contributed by atoms with van der Waals surface area (Å²) in [4.78, 5) is 4.43. The Morgan fingerprint density at radius 2 is 2.00 bits per heavy atom. The Morgan fingerprint density at radius 1 is 1.27 bits per heavy atom. The van der Waals surface area contributed by atoms with E-state index in [4.69, 9.17) is 0 Å². The standard InChI is InChI=1S/C12H15N3/c1-3-15-9-10(2)13-12(15)14-11-7-5-4-6-8-11/h4-9H,3H2,1-2H3,(H,13,14). The molecule has 0 bridgehead atoms. The number of aromatic nitrogens is 2. The van der Waals surface area contributed by atoms with E-state index in [1.54, 1.807) is 0 Å². The number of hydrogen-bond acceptors (Lipinski definition) is 2. The molecule has 0 saturated heterocycles. The number of aryl methyl sites for hydroxylation is 2. The second kappa shape index (κ2) is 4.17. The van der Waals surface area contributed by atoms with Gasteiger partial charge in [-0.05, 0) is 26.0 Å². The average molecular weight is 201 g/mol. The van der Waals surface area contributed by atoms with Gasteiger partial charge in [0.25, 0.3) is 0 Å². The zero-order valence-electron chi connectivity index (χ0n) is 9.07. The molecule has 0 aliphatic rings. The quantitative estimate of drug-likeness (QED) is 0.827. The highest BCUT2D eigenvalue weighted by atomic mass is 15.2. The van der Waals surface area contributed by atoms with Crippen molar-refractivity contribution in [1.82, 2.24) is 9.55 Å². The molecule has 1 aromatic heterocycles. The minimum absolute atomic E-state index is 0.904. The summed E-state index contributed by atoms with van der Waals surface area (Å²) in [6.45, 7) is 5.04. The van der Waals surface area contributed by atoms with Crippen molar-refractivity contribution in [3.63, 3.8) is 0 Å². The van der Waals surface area contributed by atoms with Gasteiger partial charge >= 0.3 is 0 Å². The number of imidazole rings is 1. The van der Waals surface area contributed by atoms with E-state index in [9.17, 15) is 0 Å². The number of nitrogens with one attached hydrogen (secondary N) is 1. The number of hydrogen-bond donors (Lipinski definition) is 1. The molecule has 1 N–H and O–H groups in total. The molecule has 0 saturated carbocycles. The van der Waals surface area contributed by atoms with Crippen LogP contribution in [-0.2, 0) is 6.54 Å². The summed E-state index contributed by atoms with van der Waals surface area (Å²) in [5.41, 5.74) is 2.10. The van der Waals surface area contributed by atoms with Gasteiger partial charge in [0.15, 0.2) is 0 Å². The molecule has 3 nitrogen and oxygen atoms in total. The molecular weight excluding hydrogens is 186 g/mol. The first kappa shape index (κ1) is 9.77. The number of anilines is 2. The third-order valence-electron chi connectivity index (χ3n) is 2.27. The molecule has 1 heterocycles. The van der Waals surface area contributed by atoms with E-state index in [-0.39, 0.29) is 0 Å². The largest absolute Gasteiger partial charge is 0.326 e. The molecule has 2 aromatic rings. The molecule has 78 valence electrons. The Hall–Kier alpha value is -1.77. The van der Waals surface area contributed by atoms with E-state index in [1.165, 1.54) is 0 Å². The molecule has 0 aliphatic carbocycles. The van der Waals surface area contributed by atoms with Gasteiger partial charge in [-0.15, -0.1) is 0 Å². The van der Waals surface area contributed by atoms with Gasteiger partial charge in [-0.1, -0.05) is 18.2 Å². The normalized spacial score (nSPS) is 10.3. The first-order chi connectivity index (χ1) is 7.29. The van der Waals surface area contributed by atoms with Gasteiger partial charge in [0, 0.05) is 18.4 Å². The lowest BCUT2D eigenvalue weighted by Crippen LogP contribution is -2.00. The van der Waals surface area contributed by atoms with E-state index in [0.717, 1.165) is 23.9 Å². The molecule has 1 aromatic carbocycles. The van der Waals surface area contributed by atoms with Gasteiger partial charge < -0.3 is 9.88 Å². The molecule has 0 spiro atoms. The highest BCUT2D eigenvalue weighted by Crippen LogP contribution is 2.15. The van der Waals surface area contributed by atoms with Crippen LogP contribution in [0.1, 0.15) is 12.6 Å². The Balaban J connectivity index is 2.24. The SMILES string of the molecule is CCn1cc(C)nc1Nc1ccccc1. The lowest BCUT2D eigenvalue weighted by atomic mass is 10.3. The number of para-hydroxylation sites is 1. The van der Waals surface area contributed by atoms with Crippen LogP contribution < -0.4 is 5.32 Å². The van der Waals surface area contributed by atoms with E-state index in [0.29, 0.717) is 0 Å². The molecule has 0 amide bonds. The van der Waals surface area contributed by atoms with Crippen LogP contribution in [0, 0.1) is 6.92 Å². The summed E-state index contributed by atoms with van der Waals surface area (Å²) in [5, 5.41) is 3.30. The highest BCUT2D eigenvalue weighted by Gasteiger charge is 2.03. The highest BCUT2D eigenvalue weighted by molar-refractivity contribution is 5.53. The average Bonchev–Trinajstić information content (AvgIpc) is 2.60. The van der Waals surface area contributed by atoms with Gasteiger partial charge in [0.2, 0.25) is 5.95 Å². The third kappa shape index (κ3) is 2.18. The summed E-state index contributed by atoms with van der Waals surface area (Å²) >= 11 is 0. The topological polar surface area (TPSA) is 29.9 Å². The summed E-state index contributed by atoms with van der Waals surface area (Å²) in [6.07, 6.45) is 2.05. The molecule has 0 fully saturated rings. The maximum Gasteiger partial charge on any atom is 0.207 e. The first-order valence-electron chi connectivity index (χ1n) is 5.15. The van der Waals surface area contributed by atoms with Crippen LogP contribution in [0.4, 0.5) is 11.6 Å². The number of benzene rings is 1. The molecular formula is C12H15N3. The molecule has 2 rings (SSSR count). The van der Waals surface area contributed by atoms with Crippen molar-refractivity contribution in [2.45, 2.75) is 20.4 Å². The van der Waals surface area contributed by atoms with E-state index < -0.39 is 0 Å². The Bertz CT molecular complexity index is 431. The monoisotopic (exact) mass is 201 g/mol. The van der Waals surface area contributed by atoms with E-state index in [1.807, 2.05) is 43.5 Å². The van der Waals surface area contributed by atoms with Crippen molar-refractivity contribution < 1.29 is 0 Å². The van der Waals surface area contributed by atoms with Crippen LogP contribution in [0.2, 0.25) is 0 Å². The lowest BCUT2D eigenvalue weighted by Gasteiger charge is -2.06. The number of rotatable bonds is 3. The molecule has 0 aliphatic heterocycles. The predicted molar refractivity (Wildman–Crippen MR) is 62.4 cm³/mol. The van der Waals surface area contributed by atoms with Crippen molar-refractivity contribution in [2.24, 2.45) is 0 Å². The van der Waals surface area contributed by atoms with Crippen molar-refractivity contribution >= 4 is 11.6 Å². The maximum atomic E-state index is 4.43. The van der Waals surface area contributed by atoms with Crippen LogP contribution in [0.15, 0.2) is 36.5 Å². The third-order valence-corrected chi connectivity index (χ3v) is 2.27. The molecule has 3 heteroatoms. The Morgan fingerprint density at radius 3 is 2.67 bits per heavy atom. The molecule has 0 atom stereocenters. The second-order valence-electron chi connectivity index (χ2n) is 3.48. The van der Waals surface area contributed by atoms with Crippen LogP contribution in [0.3, 0.4) is 0 Å². The first-order valence-corrected chi connectivity index (χ1v) is 5.15. The van der Waals surface area contributed by atoms with Gasteiger partial charge in [0.1, 0.15) is 0 Å². The number of nitrogens with zero attached hydrogens (tertiary/aromatic N) is 2. The zero-order valence-corrected chi connectivity index (χ0v) is 9.07. The molecule has 0 unspecified atom stereocenters. The summed E-state index contributed by atoms with van der Waals surface area (Å²) in [5.74, 6) is 0.904. The van der Waals surface area contributed by atoms with Gasteiger partial charge in [0.05, 0.1) is 5.69 Å². The molecule has 0 radical (unpaired) electrons. The van der Waals surface area contributed by atoms with Crippen LogP contribution in [0.25, 0.3) is 0 Å². The fraction of sp³-hybridized carbons (Fsp3) is 0.250. The van der Waals surface area contributed by atoms with Crippen LogP contribution >= 0.6 is 0 Å². The van der Waals surface area contributed by atoms with E-state index in [2.05, 4.69) is 21.8 Å². The van der Waals surface area contributed by atoms with E-state index >= 15 is 0 Å². The second-order valence-corrected chi connectivity index (χ2v) is 3.48. The smallest absolute Gasteiger partial charge is 0.207 e. The maximum absolute atomic E-state index is 4.43. The van der Waals surface area contributed by atoms with Crippen molar-refractivity contribution in [3.8, 4) is 0 Å². The summed E-state index contributed by atoms with van der Waals surface area (Å²) in [7, 11) is 0. The van der Waals surface area contributed by atoms with Crippen molar-refractivity contribution in [2.75, 3.05) is 5.32 Å². The lowest BCUT2D eigenvalue weighted by molar-refractivity contribution is 0.771. The fourth-order valence-corrected chi connectivity index (χ4v) is 1.54. The fourth-order valence-electron chi connectivity index (χ4n) is 1.54. The van der Waals surface area contributed by atoms with Gasteiger partial charge in [-0.3, -0.25) is 0 Å². The van der Waals surface area contributed by atoms with Crippen LogP contribution in [-0.4, -0.2) is 9.55 Å². The minimum Gasteiger partial charge on any atom is -0.326 e. The summed E-state index contributed by atoms with van der Waals surface area (Å²) in [6, 6.07) is 10.1. The minimum atomic E-state index is 0.904. The van der Waals surface area contributed by atoms with Crippen molar-refractivity contribution in [3.05, 3.63) is 42.2 Å². The summed E-state index contributed by atoms with van der Waals surface area (Å²) < 4.78 is 2.10. The predicted octanol–water partition coefficient (Wildman–Crippen LogP) is 2.96. The van der Waals surface area contributed by atoms with Gasteiger partial charge in [-0.25, -0.2) is 4.98 Å².